The van der Waals surface area contributed by atoms with E-state index in [4.69, 9.17) is 28.3 Å². The van der Waals surface area contributed by atoms with Crippen molar-refractivity contribution in [3.8, 4) is 0 Å². The Morgan fingerprint density at radius 3 is 2.05 bits per heavy atom. The molecule has 0 aromatic rings. The van der Waals surface area contributed by atoms with E-state index in [1.54, 1.807) is 0 Å². The number of allylic oxidation sites excluding steroid dienone is 2. The molecule has 22 heavy (non-hydrogen) atoms. The molecule has 0 atom stereocenters. The Morgan fingerprint density at radius 1 is 1.00 bits per heavy atom. The molecule has 0 heterocycles. The highest BCUT2D eigenvalue weighted by molar-refractivity contribution is 6.19. The molecule has 6 nitrogen and oxygen atoms in total. The third-order valence-electron chi connectivity index (χ3n) is 1.76. The fourth-order valence-corrected chi connectivity index (χ4v) is 1.14. The van der Waals surface area contributed by atoms with E-state index in [1.807, 2.05) is 0 Å². The van der Waals surface area contributed by atoms with Crippen molar-refractivity contribution in [3.63, 3.8) is 0 Å². The van der Waals surface area contributed by atoms with E-state index in [2.05, 4.69) is 20.9 Å². The third kappa shape index (κ3) is 10.5. The van der Waals surface area contributed by atoms with Crippen molar-refractivity contribution >= 4 is 41.1 Å². The van der Waals surface area contributed by atoms with E-state index in [-0.39, 0.29) is 11.8 Å². The number of hydrogen-bond donors (Lipinski definition) is 1. The van der Waals surface area contributed by atoms with Gasteiger partial charge in [-0.3, -0.25) is 4.79 Å². The number of rotatable bonds is 8. The quantitative estimate of drug-likeness (QED) is 0.238. The number of halogens is 2. The van der Waals surface area contributed by atoms with Crippen LogP contribution in [0.2, 0.25) is 0 Å². The lowest BCUT2D eigenvalue weighted by Crippen LogP contribution is -2.11. The van der Waals surface area contributed by atoms with Gasteiger partial charge in [-0.2, -0.15) is 0 Å². The first kappa shape index (κ1) is 19.8. The molecule has 0 saturated heterocycles. The summed E-state index contributed by atoms with van der Waals surface area (Å²) in [5.41, 5.74) is 4.47. The van der Waals surface area contributed by atoms with Gasteiger partial charge in [0.25, 0.3) is 0 Å². The topological polar surface area (TPSA) is 89.9 Å². The predicted octanol–water partition coefficient (Wildman–Crippen LogP) is 2.29. The second-order valence-corrected chi connectivity index (χ2v) is 3.99. The van der Waals surface area contributed by atoms with Gasteiger partial charge in [0, 0.05) is 17.8 Å². The summed E-state index contributed by atoms with van der Waals surface area (Å²) >= 11 is 10.7. The van der Waals surface area contributed by atoms with Gasteiger partial charge < -0.3 is 14.6 Å². The molecule has 8 heteroatoms. The van der Waals surface area contributed by atoms with Gasteiger partial charge in [-0.25, -0.2) is 9.59 Å². The summed E-state index contributed by atoms with van der Waals surface area (Å²) in [5.74, 6) is -2.93. The van der Waals surface area contributed by atoms with E-state index >= 15 is 0 Å². The van der Waals surface area contributed by atoms with Gasteiger partial charge in [0.2, 0.25) is 0 Å². The Labute approximate surface area is 136 Å². The zero-order valence-corrected chi connectivity index (χ0v) is 12.8. The zero-order valence-electron chi connectivity index (χ0n) is 11.3. The molecule has 0 amide bonds. The van der Waals surface area contributed by atoms with Crippen LogP contribution in [0.15, 0.2) is 47.8 Å². The summed E-state index contributed by atoms with van der Waals surface area (Å²) < 4.78 is 9.16. The van der Waals surface area contributed by atoms with Crippen molar-refractivity contribution in [2.24, 2.45) is 0 Å². The van der Waals surface area contributed by atoms with Crippen molar-refractivity contribution in [1.82, 2.24) is 0 Å². The maximum atomic E-state index is 11.6. The zero-order chi connectivity index (χ0) is 16.8. The number of ether oxygens (including phenoxy) is 2. The molecule has 0 aliphatic heterocycles. The first-order valence-electron chi connectivity index (χ1n) is 5.76. The van der Waals surface area contributed by atoms with Gasteiger partial charge in [-0.05, 0) is 12.2 Å². The average molecular weight is 347 g/mol. The van der Waals surface area contributed by atoms with Crippen LogP contribution in [0, 0.1) is 0 Å². The number of aliphatic carboxylic acids is 1. The molecule has 0 aliphatic rings. The van der Waals surface area contributed by atoms with E-state index in [9.17, 15) is 14.4 Å². The van der Waals surface area contributed by atoms with Gasteiger partial charge in [0.15, 0.2) is 0 Å². The van der Waals surface area contributed by atoms with Gasteiger partial charge >= 0.3 is 17.9 Å². The summed E-state index contributed by atoms with van der Waals surface area (Å²) in [6, 6.07) is 0. The highest BCUT2D eigenvalue weighted by Crippen LogP contribution is 2.06. The average Bonchev–Trinajstić information content (AvgIpc) is 2.47. The minimum Gasteiger partial charge on any atom is -0.481 e. The third-order valence-corrected chi connectivity index (χ3v) is 2.07. The molecule has 0 fully saturated rings. The Kier molecular flexibility index (Phi) is 11.2. The monoisotopic (exact) mass is 346 g/mol. The summed E-state index contributed by atoms with van der Waals surface area (Å²) in [5, 5.41) is 8.71. The molecule has 0 aromatic heterocycles. The number of carbonyl (C=O) groups is 3. The van der Waals surface area contributed by atoms with Crippen LogP contribution in [0.25, 0.3) is 0 Å². The van der Waals surface area contributed by atoms with Crippen molar-refractivity contribution in [2.75, 3.05) is 11.8 Å². The van der Waals surface area contributed by atoms with Crippen LogP contribution in [0.5, 0.6) is 0 Å². The molecule has 0 aromatic carbocycles. The Morgan fingerprint density at radius 2 is 1.55 bits per heavy atom. The smallest absolute Gasteiger partial charge is 0.340 e. The van der Waals surface area contributed by atoms with Crippen molar-refractivity contribution in [2.45, 2.75) is 6.42 Å². The molecule has 0 saturated carbocycles. The van der Waals surface area contributed by atoms with Crippen molar-refractivity contribution in [3.05, 3.63) is 47.8 Å². The molecule has 0 spiro atoms. The summed E-state index contributed by atoms with van der Waals surface area (Å²) in [4.78, 5) is 33.7. The fraction of sp³-hybridized carbons (Fsp3) is 0.214. The van der Waals surface area contributed by atoms with Crippen molar-refractivity contribution in [1.29, 1.82) is 0 Å². The summed E-state index contributed by atoms with van der Waals surface area (Å²) in [6.45, 7) is 0. The predicted molar refractivity (Wildman–Crippen MR) is 79.3 cm³/mol. The van der Waals surface area contributed by atoms with Gasteiger partial charge in [-0.15, -0.1) is 23.2 Å². The Hall–Kier alpha value is -2.23. The number of hydrogen-bond acceptors (Lipinski definition) is 5. The van der Waals surface area contributed by atoms with Crippen LogP contribution in [-0.2, 0) is 23.9 Å². The van der Waals surface area contributed by atoms with Crippen LogP contribution in [0.4, 0.5) is 0 Å². The second kappa shape index (κ2) is 12.5. The van der Waals surface area contributed by atoms with E-state index in [0.717, 1.165) is 12.5 Å². The first-order valence-corrected chi connectivity index (χ1v) is 6.82. The normalized spacial score (nSPS) is 9.64. The lowest BCUT2D eigenvalue weighted by atomic mass is 10.2. The van der Waals surface area contributed by atoms with Gasteiger partial charge in [0.1, 0.15) is 12.5 Å². The van der Waals surface area contributed by atoms with Crippen molar-refractivity contribution < 1.29 is 29.0 Å². The molecule has 0 bridgehead atoms. The standard InChI is InChI=1S/C14H12Cl2O6/c15-5-1-3-7-21-13(19)10-11(9-12(17)18)14(20)22-8-4-2-6-16/h1-2,7-8,10H,5-6,9H2,(H,17,18)/b11-10-. The minimum absolute atomic E-state index is 0.167. The number of carbonyl (C=O) groups excluding carboxylic acids is 2. The number of esters is 2. The maximum absolute atomic E-state index is 11.6. The van der Waals surface area contributed by atoms with Gasteiger partial charge in [-0.1, -0.05) is 11.5 Å². The van der Waals surface area contributed by atoms with E-state index in [0.29, 0.717) is 6.08 Å². The summed E-state index contributed by atoms with van der Waals surface area (Å²) in [7, 11) is 0. The van der Waals surface area contributed by atoms with Crippen LogP contribution in [0.1, 0.15) is 6.42 Å². The number of carboxylic acids is 1. The van der Waals surface area contributed by atoms with Crippen LogP contribution in [0.3, 0.4) is 0 Å². The molecular weight excluding hydrogens is 335 g/mol. The number of carboxylic acid groups (broad SMARTS) is 1. The molecular formula is C14H12Cl2O6. The maximum Gasteiger partial charge on any atom is 0.340 e. The highest BCUT2D eigenvalue weighted by atomic mass is 35.5. The lowest BCUT2D eigenvalue weighted by Gasteiger charge is -2.01. The molecule has 0 rings (SSSR count). The van der Waals surface area contributed by atoms with E-state index in [1.165, 1.54) is 12.2 Å². The lowest BCUT2D eigenvalue weighted by molar-refractivity contribution is -0.140. The molecule has 0 radical (unpaired) electrons. The SMILES string of the molecule is O=C(O)C/C(=C/C(=O)OC=C=CCCl)C(=O)OC=C=CCCl. The second-order valence-electron chi connectivity index (χ2n) is 3.37. The van der Waals surface area contributed by atoms with E-state index < -0.39 is 29.9 Å². The van der Waals surface area contributed by atoms with Crippen LogP contribution < -0.4 is 0 Å². The van der Waals surface area contributed by atoms with Gasteiger partial charge in [0.05, 0.1) is 12.0 Å². The molecule has 118 valence electrons. The number of alkyl halides is 2. The molecule has 0 aliphatic carbocycles. The largest absolute Gasteiger partial charge is 0.481 e. The Balaban J connectivity index is 4.94. The van der Waals surface area contributed by atoms with Crippen LogP contribution in [-0.4, -0.2) is 34.8 Å². The van der Waals surface area contributed by atoms with Crippen LogP contribution >= 0.6 is 23.2 Å². The fourth-order valence-electron chi connectivity index (χ4n) is 0.962. The highest BCUT2D eigenvalue weighted by Gasteiger charge is 2.16. The minimum atomic E-state index is -1.31. The first-order chi connectivity index (χ1) is 10.5. The molecule has 1 N–H and O–H groups in total. The molecule has 0 unspecified atom stereocenters. The summed E-state index contributed by atoms with van der Waals surface area (Å²) in [6.07, 6.45) is 4.59. The Bertz CT molecular complexity index is 564.